The molecule has 0 bridgehead atoms. The molecule has 1 atom stereocenters. The number of hydrogen-bond donors (Lipinski definition) is 1. The molecule has 1 fully saturated rings. The predicted molar refractivity (Wildman–Crippen MR) is 90.4 cm³/mol. The Morgan fingerprint density at radius 2 is 1.50 bits per heavy atom. The molecule has 0 amide bonds. The Morgan fingerprint density at radius 3 is 2.00 bits per heavy atom. The average Bonchev–Trinajstić information content (AvgIpc) is 2.96. The lowest BCUT2D eigenvalue weighted by Gasteiger charge is -2.23. The Hall–Kier alpha value is -0.340. The van der Waals surface area contributed by atoms with Gasteiger partial charge in [0.15, 0.2) is 0 Å². The van der Waals surface area contributed by atoms with Crippen molar-refractivity contribution in [1.82, 2.24) is 5.32 Å². The highest BCUT2D eigenvalue weighted by Gasteiger charge is 2.14. The van der Waals surface area contributed by atoms with Gasteiger partial charge in [-0.1, -0.05) is 63.9 Å². The molecular weight excluding hydrogens is 262 g/mol. The lowest BCUT2D eigenvalue weighted by atomic mass is 9.97. The van der Waals surface area contributed by atoms with Crippen LogP contribution in [0.2, 0.25) is 0 Å². The third kappa shape index (κ3) is 5.97. The molecule has 1 nitrogen and oxygen atoms in total. The van der Waals surface area contributed by atoms with Crippen LogP contribution >= 0.6 is 11.3 Å². The van der Waals surface area contributed by atoms with Crippen LogP contribution in [0.4, 0.5) is 0 Å². The van der Waals surface area contributed by atoms with Gasteiger partial charge in [0.05, 0.1) is 0 Å². The van der Waals surface area contributed by atoms with E-state index in [0.29, 0.717) is 6.04 Å². The molecule has 114 valence electrons. The zero-order chi connectivity index (χ0) is 14.0. The van der Waals surface area contributed by atoms with Gasteiger partial charge in [0.1, 0.15) is 0 Å². The van der Waals surface area contributed by atoms with E-state index in [1.54, 1.807) is 0 Å². The topological polar surface area (TPSA) is 12.0 Å². The van der Waals surface area contributed by atoms with Crippen LogP contribution in [0, 0.1) is 0 Å². The number of thiophene rings is 1. The Kier molecular flexibility index (Phi) is 7.67. The smallest absolute Gasteiger partial charge is 0.0388 e. The molecule has 0 saturated heterocycles. The maximum absolute atomic E-state index is 3.88. The van der Waals surface area contributed by atoms with Gasteiger partial charge in [-0.15, -0.1) is 11.3 Å². The van der Waals surface area contributed by atoms with Gasteiger partial charge >= 0.3 is 0 Å². The maximum Gasteiger partial charge on any atom is 0.0388 e. The lowest BCUT2D eigenvalue weighted by Crippen LogP contribution is -2.31. The van der Waals surface area contributed by atoms with Gasteiger partial charge < -0.3 is 5.32 Å². The van der Waals surface area contributed by atoms with E-state index in [-0.39, 0.29) is 0 Å². The fourth-order valence-electron chi connectivity index (χ4n) is 3.30. The van der Waals surface area contributed by atoms with E-state index in [4.69, 9.17) is 0 Å². The molecule has 1 aromatic heterocycles. The van der Waals surface area contributed by atoms with Crippen LogP contribution in [-0.2, 0) is 0 Å². The van der Waals surface area contributed by atoms with E-state index >= 15 is 0 Å². The molecule has 0 aliphatic heterocycles. The summed E-state index contributed by atoms with van der Waals surface area (Å²) in [6.45, 7) is 2.32. The molecule has 1 N–H and O–H groups in total. The molecule has 1 saturated carbocycles. The van der Waals surface area contributed by atoms with Crippen molar-refractivity contribution in [3.63, 3.8) is 0 Å². The molecule has 0 unspecified atom stereocenters. The van der Waals surface area contributed by atoms with Crippen molar-refractivity contribution in [3.05, 3.63) is 22.4 Å². The molecule has 1 aliphatic rings. The largest absolute Gasteiger partial charge is 0.307 e. The summed E-state index contributed by atoms with van der Waals surface area (Å²) in [7, 11) is 0. The summed E-state index contributed by atoms with van der Waals surface area (Å²) in [6.07, 6.45) is 15.7. The Balaban J connectivity index is 1.79. The number of nitrogens with one attached hydrogen (secondary N) is 1. The first-order valence-corrected chi connectivity index (χ1v) is 9.53. The summed E-state index contributed by atoms with van der Waals surface area (Å²) in [4.78, 5) is 1.48. The fourth-order valence-corrected chi connectivity index (χ4v) is 4.05. The van der Waals surface area contributed by atoms with Gasteiger partial charge in [0.2, 0.25) is 0 Å². The number of hydrogen-bond acceptors (Lipinski definition) is 2. The third-order valence-corrected chi connectivity index (χ3v) is 5.62. The summed E-state index contributed by atoms with van der Waals surface area (Å²) in [5.41, 5.74) is 0. The molecular formula is C18H31NS. The SMILES string of the molecule is C[C@@H](NC1CCCCCCCCCCC1)c1cccs1. The highest BCUT2D eigenvalue weighted by atomic mass is 32.1. The second-order valence-electron chi connectivity index (χ2n) is 6.36. The van der Waals surface area contributed by atoms with Gasteiger partial charge in [-0.3, -0.25) is 0 Å². The van der Waals surface area contributed by atoms with Crippen molar-refractivity contribution in [2.24, 2.45) is 0 Å². The Bertz CT molecular complexity index is 321. The highest BCUT2D eigenvalue weighted by Crippen LogP contribution is 2.22. The molecule has 0 radical (unpaired) electrons. The molecule has 1 heterocycles. The second kappa shape index (κ2) is 9.57. The van der Waals surface area contributed by atoms with E-state index in [2.05, 4.69) is 29.8 Å². The second-order valence-corrected chi connectivity index (χ2v) is 7.34. The van der Waals surface area contributed by atoms with Crippen LogP contribution in [0.3, 0.4) is 0 Å². The van der Waals surface area contributed by atoms with Crippen LogP contribution in [0.5, 0.6) is 0 Å². The molecule has 0 spiro atoms. The van der Waals surface area contributed by atoms with Crippen molar-refractivity contribution < 1.29 is 0 Å². The highest BCUT2D eigenvalue weighted by molar-refractivity contribution is 7.10. The summed E-state index contributed by atoms with van der Waals surface area (Å²) in [6, 6.07) is 5.68. The van der Waals surface area contributed by atoms with E-state index in [9.17, 15) is 0 Å². The summed E-state index contributed by atoms with van der Waals surface area (Å²) in [5, 5.41) is 6.07. The molecule has 2 rings (SSSR count). The minimum Gasteiger partial charge on any atom is -0.307 e. The van der Waals surface area contributed by atoms with Crippen molar-refractivity contribution in [2.45, 2.75) is 89.6 Å². The monoisotopic (exact) mass is 293 g/mol. The molecule has 20 heavy (non-hydrogen) atoms. The standard InChI is InChI=1S/C18H31NS/c1-16(18-14-11-15-20-18)19-17-12-9-7-5-3-2-4-6-8-10-13-17/h11,14-17,19H,2-10,12-13H2,1H3/t16-/m1/s1. The van der Waals surface area contributed by atoms with Crippen LogP contribution in [0.25, 0.3) is 0 Å². The number of rotatable bonds is 3. The first-order chi connectivity index (χ1) is 9.86. The quantitative estimate of drug-likeness (QED) is 0.713. The minimum absolute atomic E-state index is 0.521. The molecule has 2 heteroatoms. The third-order valence-electron chi connectivity index (χ3n) is 4.56. The summed E-state index contributed by atoms with van der Waals surface area (Å²) < 4.78 is 0. The minimum atomic E-state index is 0.521. The van der Waals surface area contributed by atoms with E-state index in [1.807, 2.05) is 11.3 Å². The van der Waals surface area contributed by atoms with Crippen molar-refractivity contribution in [2.75, 3.05) is 0 Å². The Labute approximate surface area is 129 Å². The van der Waals surface area contributed by atoms with Crippen LogP contribution in [0.15, 0.2) is 17.5 Å². The van der Waals surface area contributed by atoms with Crippen molar-refractivity contribution in [1.29, 1.82) is 0 Å². The molecule has 1 aliphatic carbocycles. The summed E-state index contributed by atoms with van der Waals surface area (Å²) in [5.74, 6) is 0. The van der Waals surface area contributed by atoms with Crippen LogP contribution in [-0.4, -0.2) is 6.04 Å². The first kappa shape index (κ1) is 16.0. The van der Waals surface area contributed by atoms with Gasteiger partial charge in [-0.25, -0.2) is 0 Å². The summed E-state index contributed by atoms with van der Waals surface area (Å²) >= 11 is 1.88. The van der Waals surface area contributed by atoms with Gasteiger partial charge in [-0.05, 0) is 31.2 Å². The van der Waals surface area contributed by atoms with Crippen molar-refractivity contribution >= 4 is 11.3 Å². The Morgan fingerprint density at radius 1 is 0.950 bits per heavy atom. The lowest BCUT2D eigenvalue weighted by molar-refractivity contribution is 0.377. The maximum atomic E-state index is 3.88. The van der Waals surface area contributed by atoms with Gasteiger partial charge in [-0.2, -0.15) is 0 Å². The van der Waals surface area contributed by atoms with Crippen molar-refractivity contribution in [3.8, 4) is 0 Å². The van der Waals surface area contributed by atoms with Gasteiger partial charge in [0.25, 0.3) is 0 Å². The first-order valence-electron chi connectivity index (χ1n) is 8.66. The molecule has 1 aromatic rings. The zero-order valence-electron chi connectivity index (χ0n) is 13.1. The van der Waals surface area contributed by atoms with E-state index in [0.717, 1.165) is 6.04 Å². The predicted octanol–water partition coefficient (Wildman–Crippen LogP) is 6.07. The van der Waals surface area contributed by atoms with E-state index < -0.39 is 0 Å². The average molecular weight is 294 g/mol. The molecule has 0 aromatic carbocycles. The fraction of sp³-hybridized carbons (Fsp3) is 0.778. The zero-order valence-corrected chi connectivity index (χ0v) is 13.9. The van der Waals surface area contributed by atoms with Gasteiger partial charge in [0, 0.05) is 17.0 Å². The van der Waals surface area contributed by atoms with E-state index in [1.165, 1.54) is 75.5 Å². The van der Waals surface area contributed by atoms with Crippen LogP contribution in [0.1, 0.15) is 88.5 Å². The van der Waals surface area contributed by atoms with Crippen LogP contribution < -0.4 is 5.32 Å². The normalized spacial score (nSPS) is 21.9.